The maximum Gasteiger partial charge on any atom is 0.256 e. The highest BCUT2D eigenvalue weighted by atomic mass is 19.1. The van der Waals surface area contributed by atoms with Crippen molar-refractivity contribution in [1.82, 2.24) is 4.90 Å². The van der Waals surface area contributed by atoms with Crippen molar-refractivity contribution in [2.24, 2.45) is 0 Å². The second-order valence-electron chi connectivity index (χ2n) is 3.77. The fourth-order valence-electron chi connectivity index (χ4n) is 1.39. The largest absolute Gasteiger partial charge is 0.399 e. The number of aliphatic hydroxyl groups is 1. The zero-order valence-corrected chi connectivity index (χ0v) is 9.27. The standard InChI is InChI=1S/C11H15FN2O2/c1-7(15)6-14(2)11(16)9-4-3-8(13)5-10(9)12/h3-5,7,15H,6,13H2,1-2H3. The van der Waals surface area contributed by atoms with Crippen LogP contribution in [0.4, 0.5) is 10.1 Å². The summed E-state index contributed by atoms with van der Waals surface area (Å²) in [5.74, 6) is -1.12. The van der Waals surface area contributed by atoms with Crippen LogP contribution in [-0.4, -0.2) is 35.6 Å². The Hall–Kier alpha value is -1.62. The fraction of sp³-hybridized carbons (Fsp3) is 0.364. The summed E-state index contributed by atoms with van der Waals surface area (Å²) in [5.41, 5.74) is 5.61. The van der Waals surface area contributed by atoms with Gasteiger partial charge >= 0.3 is 0 Å². The summed E-state index contributed by atoms with van der Waals surface area (Å²) in [6, 6.07) is 3.90. The first-order chi connectivity index (χ1) is 7.41. The summed E-state index contributed by atoms with van der Waals surface area (Å²) in [6.07, 6.45) is -0.647. The summed E-state index contributed by atoms with van der Waals surface area (Å²) in [6.45, 7) is 1.71. The number of nitrogens with zero attached hydrogens (tertiary/aromatic N) is 1. The van der Waals surface area contributed by atoms with E-state index in [0.29, 0.717) is 0 Å². The minimum absolute atomic E-state index is 0.0441. The molecule has 16 heavy (non-hydrogen) atoms. The lowest BCUT2D eigenvalue weighted by molar-refractivity contribution is 0.0699. The van der Waals surface area contributed by atoms with Gasteiger partial charge in [0.05, 0.1) is 11.7 Å². The summed E-state index contributed by atoms with van der Waals surface area (Å²) >= 11 is 0. The number of benzene rings is 1. The average molecular weight is 226 g/mol. The van der Waals surface area contributed by atoms with Crippen molar-refractivity contribution < 1.29 is 14.3 Å². The number of anilines is 1. The van der Waals surface area contributed by atoms with Crippen LogP contribution in [-0.2, 0) is 0 Å². The second kappa shape index (κ2) is 4.94. The number of halogens is 1. The second-order valence-corrected chi connectivity index (χ2v) is 3.77. The number of aliphatic hydroxyl groups excluding tert-OH is 1. The lowest BCUT2D eigenvalue weighted by Crippen LogP contribution is -2.33. The van der Waals surface area contributed by atoms with E-state index in [-0.39, 0.29) is 17.8 Å². The highest BCUT2D eigenvalue weighted by Gasteiger charge is 2.17. The molecule has 1 atom stereocenters. The van der Waals surface area contributed by atoms with Gasteiger partial charge in [0.25, 0.3) is 5.91 Å². The molecule has 3 N–H and O–H groups in total. The molecule has 0 heterocycles. The highest BCUT2D eigenvalue weighted by Crippen LogP contribution is 2.13. The van der Waals surface area contributed by atoms with Crippen molar-refractivity contribution in [3.8, 4) is 0 Å². The van der Waals surface area contributed by atoms with Crippen LogP contribution in [0.15, 0.2) is 18.2 Å². The SMILES string of the molecule is CC(O)CN(C)C(=O)c1ccc(N)cc1F. The van der Waals surface area contributed by atoms with Crippen molar-refractivity contribution in [3.05, 3.63) is 29.6 Å². The number of amides is 1. The van der Waals surface area contributed by atoms with Gasteiger partial charge in [-0.15, -0.1) is 0 Å². The molecule has 0 bridgehead atoms. The Morgan fingerprint density at radius 3 is 2.75 bits per heavy atom. The summed E-state index contributed by atoms with van der Waals surface area (Å²) in [7, 11) is 1.50. The smallest absolute Gasteiger partial charge is 0.256 e. The van der Waals surface area contributed by atoms with Gasteiger partial charge in [-0.05, 0) is 25.1 Å². The van der Waals surface area contributed by atoms with Gasteiger partial charge in [-0.3, -0.25) is 4.79 Å². The Morgan fingerprint density at radius 2 is 2.25 bits per heavy atom. The van der Waals surface area contributed by atoms with Gasteiger partial charge in [-0.2, -0.15) is 0 Å². The highest BCUT2D eigenvalue weighted by molar-refractivity contribution is 5.94. The normalized spacial score (nSPS) is 12.2. The molecule has 0 spiro atoms. The number of rotatable bonds is 3. The number of nitrogens with two attached hydrogens (primary N) is 1. The lowest BCUT2D eigenvalue weighted by atomic mass is 10.1. The lowest BCUT2D eigenvalue weighted by Gasteiger charge is -2.19. The molecular weight excluding hydrogens is 211 g/mol. The van der Waals surface area contributed by atoms with Crippen LogP contribution in [0.3, 0.4) is 0 Å². The molecule has 1 amide bonds. The number of carbonyl (C=O) groups excluding carboxylic acids is 1. The van der Waals surface area contributed by atoms with E-state index >= 15 is 0 Å². The third-order valence-electron chi connectivity index (χ3n) is 2.11. The average Bonchev–Trinajstić information content (AvgIpc) is 2.15. The number of likely N-dealkylation sites (N-methyl/N-ethyl adjacent to an activating group) is 1. The van der Waals surface area contributed by atoms with Crippen LogP contribution < -0.4 is 5.73 Å². The molecule has 0 saturated carbocycles. The molecule has 1 rings (SSSR count). The molecule has 5 heteroatoms. The molecule has 1 unspecified atom stereocenters. The molecule has 0 fully saturated rings. The molecule has 0 aromatic heterocycles. The third kappa shape index (κ3) is 2.93. The maximum atomic E-state index is 13.4. The van der Waals surface area contributed by atoms with E-state index in [9.17, 15) is 9.18 Å². The summed E-state index contributed by atoms with van der Waals surface area (Å²) in [5, 5.41) is 9.12. The predicted octanol–water partition coefficient (Wildman–Crippen LogP) is 0.861. The zero-order valence-electron chi connectivity index (χ0n) is 9.27. The molecule has 1 aromatic carbocycles. The van der Waals surface area contributed by atoms with Crippen molar-refractivity contribution in [3.63, 3.8) is 0 Å². The first-order valence-electron chi connectivity index (χ1n) is 4.90. The number of carbonyl (C=O) groups is 1. The van der Waals surface area contributed by atoms with Crippen LogP contribution in [0.25, 0.3) is 0 Å². The molecule has 1 aromatic rings. The molecule has 0 aliphatic rings. The van der Waals surface area contributed by atoms with E-state index in [1.54, 1.807) is 6.92 Å². The first kappa shape index (κ1) is 12.4. The molecule has 0 aliphatic carbocycles. The van der Waals surface area contributed by atoms with Crippen LogP contribution in [0.1, 0.15) is 17.3 Å². The zero-order chi connectivity index (χ0) is 12.3. The Labute approximate surface area is 93.5 Å². The fourth-order valence-corrected chi connectivity index (χ4v) is 1.39. The van der Waals surface area contributed by atoms with Crippen molar-refractivity contribution >= 4 is 11.6 Å². The quantitative estimate of drug-likeness (QED) is 0.751. The maximum absolute atomic E-state index is 13.4. The minimum atomic E-state index is -0.651. The summed E-state index contributed by atoms with van der Waals surface area (Å²) in [4.78, 5) is 13.0. The van der Waals surface area contributed by atoms with Gasteiger partial charge < -0.3 is 15.7 Å². The van der Waals surface area contributed by atoms with Crippen LogP contribution >= 0.6 is 0 Å². The van der Waals surface area contributed by atoms with Gasteiger partial charge in [-0.25, -0.2) is 4.39 Å². The number of hydrogen-bond donors (Lipinski definition) is 2. The van der Waals surface area contributed by atoms with Gasteiger partial charge in [0.15, 0.2) is 0 Å². The van der Waals surface area contributed by atoms with E-state index in [4.69, 9.17) is 10.8 Å². The monoisotopic (exact) mass is 226 g/mol. The van der Waals surface area contributed by atoms with Crippen LogP contribution in [0.5, 0.6) is 0 Å². The third-order valence-corrected chi connectivity index (χ3v) is 2.11. The predicted molar refractivity (Wildman–Crippen MR) is 59.5 cm³/mol. The molecule has 4 nitrogen and oxygen atoms in total. The Bertz CT molecular complexity index is 394. The van der Waals surface area contributed by atoms with Crippen molar-refractivity contribution in [2.45, 2.75) is 13.0 Å². The van der Waals surface area contributed by atoms with Gasteiger partial charge in [0.2, 0.25) is 0 Å². The van der Waals surface area contributed by atoms with Crippen LogP contribution in [0.2, 0.25) is 0 Å². The molecule has 88 valence electrons. The van der Waals surface area contributed by atoms with Crippen molar-refractivity contribution in [2.75, 3.05) is 19.3 Å². The molecular formula is C11H15FN2O2. The number of nitrogen functional groups attached to an aromatic ring is 1. The Morgan fingerprint density at radius 1 is 1.62 bits per heavy atom. The van der Waals surface area contributed by atoms with E-state index in [1.807, 2.05) is 0 Å². The van der Waals surface area contributed by atoms with Gasteiger partial charge in [0, 0.05) is 19.3 Å². The summed E-state index contributed by atoms with van der Waals surface area (Å²) < 4.78 is 13.4. The molecule has 0 radical (unpaired) electrons. The first-order valence-corrected chi connectivity index (χ1v) is 4.90. The van der Waals surface area contributed by atoms with E-state index < -0.39 is 17.8 Å². The molecule has 0 saturated heterocycles. The Kier molecular flexibility index (Phi) is 3.84. The van der Waals surface area contributed by atoms with Gasteiger partial charge in [-0.1, -0.05) is 0 Å². The van der Waals surface area contributed by atoms with Crippen molar-refractivity contribution in [1.29, 1.82) is 0 Å². The van der Waals surface area contributed by atoms with E-state index in [2.05, 4.69) is 0 Å². The van der Waals surface area contributed by atoms with Gasteiger partial charge in [0.1, 0.15) is 5.82 Å². The van der Waals surface area contributed by atoms with E-state index in [1.165, 1.54) is 24.1 Å². The Balaban J connectivity index is 2.88. The van der Waals surface area contributed by atoms with E-state index in [0.717, 1.165) is 6.07 Å². The minimum Gasteiger partial charge on any atom is -0.399 e. The topological polar surface area (TPSA) is 66.6 Å². The molecule has 0 aliphatic heterocycles. The van der Waals surface area contributed by atoms with Crippen LogP contribution in [0, 0.1) is 5.82 Å². The number of hydrogen-bond acceptors (Lipinski definition) is 3.